The molecule has 1 saturated heterocycles. The average Bonchev–Trinajstić information content (AvgIpc) is 3.33. The van der Waals surface area contributed by atoms with E-state index in [2.05, 4.69) is 5.32 Å². The van der Waals surface area contributed by atoms with Gasteiger partial charge >= 0.3 is 0 Å². The van der Waals surface area contributed by atoms with Crippen LogP contribution in [0.1, 0.15) is 32.1 Å². The van der Waals surface area contributed by atoms with Crippen molar-refractivity contribution in [1.82, 2.24) is 10.2 Å². The summed E-state index contributed by atoms with van der Waals surface area (Å²) in [6.45, 7) is 4.49. The largest absolute Gasteiger partial charge is 0.379 e. The molecule has 1 spiro atoms. The van der Waals surface area contributed by atoms with E-state index in [0.717, 1.165) is 38.6 Å². The summed E-state index contributed by atoms with van der Waals surface area (Å²) in [6.07, 6.45) is 6.12. The van der Waals surface area contributed by atoms with E-state index >= 15 is 0 Å². The minimum Gasteiger partial charge on any atom is -0.379 e. The van der Waals surface area contributed by atoms with Gasteiger partial charge in [0.1, 0.15) is 0 Å². The van der Waals surface area contributed by atoms with Crippen LogP contribution in [0.25, 0.3) is 0 Å². The first-order valence-corrected chi connectivity index (χ1v) is 7.75. The number of piperidine rings is 1. The molecule has 4 heteroatoms. The van der Waals surface area contributed by atoms with E-state index in [4.69, 9.17) is 4.74 Å². The van der Waals surface area contributed by atoms with Crippen molar-refractivity contribution in [3.8, 4) is 0 Å². The molecule has 1 amide bonds. The summed E-state index contributed by atoms with van der Waals surface area (Å²) >= 11 is 0. The maximum absolute atomic E-state index is 12.4. The Bertz CT molecular complexity index is 335. The molecule has 4 nitrogen and oxygen atoms in total. The Labute approximate surface area is 115 Å². The first-order chi connectivity index (χ1) is 9.21. The van der Waals surface area contributed by atoms with Crippen LogP contribution < -0.4 is 5.32 Å². The highest BCUT2D eigenvalue weighted by molar-refractivity contribution is 5.82. The molecule has 108 valence electrons. The van der Waals surface area contributed by atoms with E-state index in [1.807, 2.05) is 11.9 Å². The Balaban J connectivity index is 1.37. The number of hydrogen-bond acceptors (Lipinski definition) is 3. The third-order valence-corrected chi connectivity index (χ3v) is 5.08. The fourth-order valence-corrected chi connectivity index (χ4v) is 3.29. The summed E-state index contributed by atoms with van der Waals surface area (Å²) in [6, 6.07) is 0. The molecule has 0 aromatic carbocycles. The number of ether oxygens (including phenoxy) is 1. The third-order valence-electron chi connectivity index (χ3n) is 5.08. The van der Waals surface area contributed by atoms with Crippen LogP contribution in [0.5, 0.6) is 0 Å². The molecular weight excluding hydrogens is 240 g/mol. The Morgan fingerprint density at radius 1 is 1.37 bits per heavy atom. The predicted molar refractivity (Wildman–Crippen MR) is 73.8 cm³/mol. The fraction of sp³-hybridized carbons (Fsp3) is 0.933. The number of hydrogen-bond donors (Lipinski definition) is 1. The molecule has 19 heavy (non-hydrogen) atoms. The van der Waals surface area contributed by atoms with Crippen molar-refractivity contribution in [2.24, 2.45) is 17.3 Å². The molecule has 0 bridgehead atoms. The van der Waals surface area contributed by atoms with E-state index in [1.165, 1.54) is 25.7 Å². The molecule has 0 radical (unpaired) electrons. The molecule has 1 heterocycles. The molecule has 2 aliphatic carbocycles. The van der Waals surface area contributed by atoms with Gasteiger partial charge in [0, 0.05) is 26.1 Å². The Kier molecular flexibility index (Phi) is 3.81. The summed E-state index contributed by atoms with van der Waals surface area (Å²) in [5.41, 5.74) is 0.353. The van der Waals surface area contributed by atoms with Crippen molar-refractivity contribution in [2.45, 2.75) is 32.1 Å². The number of nitrogens with zero attached hydrogens (tertiary/aromatic N) is 1. The van der Waals surface area contributed by atoms with Crippen molar-refractivity contribution in [3.05, 3.63) is 0 Å². The van der Waals surface area contributed by atoms with Gasteiger partial charge in [0.05, 0.1) is 6.61 Å². The first kappa shape index (κ1) is 13.4. The van der Waals surface area contributed by atoms with Crippen molar-refractivity contribution in [2.75, 3.05) is 39.9 Å². The summed E-state index contributed by atoms with van der Waals surface area (Å²) in [7, 11) is 1.93. The lowest BCUT2D eigenvalue weighted by Gasteiger charge is -2.25. The van der Waals surface area contributed by atoms with Crippen LogP contribution in [-0.2, 0) is 9.53 Å². The number of carbonyl (C=O) groups is 1. The fourth-order valence-electron chi connectivity index (χ4n) is 3.29. The van der Waals surface area contributed by atoms with Crippen LogP contribution in [0, 0.1) is 17.3 Å². The van der Waals surface area contributed by atoms with Crippen LogP contribution in [0.3, 0.4) is 0 Å². The van der Waals surface area contributed by atoms with E-state index in [9.17, 15) is 4.79 Å². The summed E-state index contributed by atoms with van der Waals surface area (Å²) in [4.78, 5) is 14.3. The highest BCUT2D eigenvalue weighted by atomic mass is 16.5. The lowest BCUT2D eigenvalue weighted by atomic mass is 9.91. The third kappa shape index (κ3) is 3.11. The van der Waals surface area contributed by atoms with Gasteiger partial charge in [-0.05, 0) is 56.5 Å². The van der Waals surface area contributed by atoms with Gasteiger partial charge in [-0.2, -0.15) is 0 Å². The maximum atomic E-state index is 12.4. The SMILES string of the molecule is CN(CCOCC1CC1)C(=O)C1CC12CCNCC2. The standard InChI is InChI=1S/C15H26N2O2/c1-17(8-9-19-11-12-2-3-12)14(18)13-10-15(13)4-6-16-7-5-15/h12-13,16H,2-11H2,1H3. The van der Waals surface area contributed by atoms with E-state index in [0.29, 0.717) is 23.8 Å². The zero-order valence-electron chi connectivity index (χ0n) is 12.0. The van der Waals surface area contributed by atoms with Crippen molar-refractivity contribution >= 4 is 5.91 Å². The van der Waals surface area contributed by atoms with Crippen LogP contribution in [0.15, 0.2) is 0 Å². The highest BCUT2D eigenvalue weighted by Gasteiger charge is 2.58. The highest BCUT2D eigenvalue weighted by Crippen LogP contribution is 2.59. The smallest absolute Gasteiger partial charge is 0.226 e. The number of amides is 1. The van der Waals surface area contributed by atoms with Gasteiger partial charge < -0.3 is 15.0 Å². The molecule has 3 fully saturated rings. The van der Waals surface area contributed by atoms with Gasteiger partial charge in [-0.15, -0.1) is 0 Å². The number of nitrogens with one attached hydrogen (secondary N) is 1. The molecule has 1 unspecified atom stereocenters. The van der Waals surface area contributed by atoms with Crippen LogP contribution >= 0.6 is 0 Å². The van der Waals surface area contributed by atoms with Crippen LogP contribution in [0.4, 0.5) is 0 Å². The molecule has 1 aliphatic heterocycles. The zero-order chi connectivity index (χ0) is 13.3. The van der Waals surface area contributed by atoms with Crippen LogP contribution in [-0.4, -0.2) is 50.7 Å². The number of carbonyl (C=O) groups excluding carboxylic acids is 1. The summed E-state index contributed by atoms with van der Waals surface area (Å²) < 4.78 is 5.61. The van der Waals surface area contributed by atoms with Gasteiger partial charge in [0.15, 0.2) is 0 Å². The van der Waals surface area contributed by atoms with Crippen molar-refractivity contribution < 1.29 is 9.53 Å². The maximum Gasteiger partial charge on any atom is 0.226 e. The van der Waals surface area contributed by atoms with Gasteiger partial charge in [-0.1, -0.05) is 0 Å². The van der Waals surface area contributed by atoms with E-state index in [1.54, 1.807) is 0 Å². The average molecular weight is 266 g/mol. The number of rotatable bonds is 6. The van der Waals surface area contributed by atoms with Crippen LogP contribution in [0.2, 0.25) is 0 Å². The molecule has 2 saturated carbocycles. The molecular formula is C15H26N2O2. The molecule has 0 aromatic heterocycles. The van der Waals surface area contributed by atoms with Crippen molar-refractivity contribution in [1.29, 1.82) is 0 Å². The summed E-state index contributed by atoms with van der Waals surface area (Å²) in [5.74, 6) is 1.45. The van der Waals surface area contributed by atoms with Gasteiger partial charge in [0.25, 0.3) is 0 Å². The van der Waals surface area contributed by atoms with Crippen molar-refractivity contribution in [3.63, 3.8) is 0 Å². The van der Waals surface area contributed by atoms with Gasteiger partial charge in [-0.3, -0.25) is 4.79 Å². The second-order valence-corrected chi connectivity index (χ2v) is 6.65. The van der Waals surface area contributed by atoms with Gasteiger partial charge in [0.2, 0.25) is 5.91 Å². The Morgan fingerprint density at radius 2 is 2.11 bits per heavy atom. The second-order valence-electron chi connectivity index (χ2n) is 6.65. The molecule has 3 aliphatic rings. The molecule has 1 N–H and O–H groups in total. The predicted octanol–water partition coefficient (Wildman–Crippen LogP) is 1.26. The Hall–Kier alpha value is -0.610. The minimum absolute atomic E-state index is 0.294. The van der Waals surface area contributed by atoms with E-state index in [-0.39, 0.29) is 0 Å². The lowest BCUT2D eigenvalue weighted by molar-refractivity contribution is -0.133. The monoisotopic (exact) mass is 266 g/mol. The second kappa shape index (κ2) is 5.41. The molecule has 3 rings (SSSR count). The summed E-state index contributed by atoms with van der Waals surface area (Å²) in [5, 5.41) is 3.38. The minimum atomic E-state index is 0.294. The quantitative estimate of drug-likeness (QED) is 0.736. The van der Waals surface area contributed by atoms with E-state index < -0.39 is 0 Å². The molecule has 0 aromatic rings. The first-order valence-electron chi connectivity index (χ1n) is 7.75. The molecule has 1 atom stereocenters. The lowest BCUT2D eigenvalue weighted by Crippen LogP contribution is -2.36. The van der Waals surface area contributed by atoms with Gasteiger partial charge in [-0.25, -0.2) is 0 Å². The topological polar surface area (TPSA) is 41.6 Å². The zero-order valence-corrected chi connectivity index (χ0v) is 12.0. The normalized spacial score (nSPS) is 28.4. The Morgan fingerprint density at radius 3 is 2.79 bits per heavy atom. The number of likely N-dealkylation sites (N-methyl/N-ethyl adjacent to an activating group) is 1.